The Labute approximate surface area is 138 Å². The smallest absolute Gasteiger partial charge is 0.142 e. The predicted octanol–water partition coefficient (Wildman–Crippen LogP) is 4.75. The third-order valence-electron chi connectivity index (χ3n) is 3.80. The van der Waals surface area contributed by atoms with Crippen LogP contribution in [0.5, 0.6) is 0 Å². The third-order valence-corrected chi connectivity index (χ3v) is 3.80. The van der Waals surface area contributed by atoms with Gasteiger partial charge in [-0.1, -0.05) is 60.7 Å². The van der Waals surface area contributed by atoms with Crippen LogP contribution >= 0.6 is 0 Å². The molecule has 0 aliphatic rings. The number of ether oxygens (including phenoxy) is 1. The Kier molecular flexibility index (Phi) is 6.52. The summed E-state index contributed by atoms with van der Waals surface area (Å²) in [5, 5.41) is 0. The summed E-state index contributed by atoms with van der Waals surface area (Å²) in [7, 11) is 0. The normalized spacial score (nSPS) is 11.4. The zero-order valence-electron chi connectivity index (χ0n) is 13.7. The van der Waals surface area contributed by atoms with Crippen molar-refractivity contribution in [2.45, 2.75) is 20.5 Å². The molecule has 0 unspecified atom stereocenters. The maximum atomic E-state index is 10.4. The lowest BCUT2D eigenvalue weighted by Crippen LogP contribution is -1.97. The zero-order chi connectivity index (χ0) is 16.5. The molecule has 2 aromatic carbocycles. The molecule has 0 bridgehead atoms. The maximum Gasteiger partial charge on any atom is 0.142 e. The summed E-state index contributed by atoms with van der Waals surface area (Å²) < 4.78 is 5.74. The molecule has 2 heteroatoms. The lowest BCUT2D eigenvalue weighted by Gasteiger charge is -2.08. The average Bonchev–Trinajstić information content (AvgIpc) is 2.56. The minimum atomic E-state index is 0.562. The molecule has 0 spiro atoms. The number of benzene rings is 2. The Morgan fingerprint density at radius 2 is 1.74 bits per heavy atom. The summed E-state index contributed by atoms with van der Waals surface area (Å²) in [6, 6.07) is 14.3. The molecule has 0 aliphatic carbocycles. The highest BCUT2D eigenvalue weighted by Gasteiger charge is 2.01. The van der Waals surface area contributed by atoms with E-state index in [9.17, 15) is 4.79 Å². The first kappa shape index (κ1) is 16.9. The molecule has 0 amide bonds. The number of aldehydes is 1. The van der Waals surface area contributed by atoms with Gasteiger partial charge in [0.1, 0.15) is 6.29 Å². The van der Waals surface area contributed by atoms with Gasteiger partial charge in [0.2, 0.25) is 0 Å². The number of aryl methyl sites for hydroxylation is 1. The van der Waals surface area contributed by atoms with Gasteiger partial charge in [-0.15, -0.1) is 0 Å². The summed E-state index contributed by atoms with van der Waals surface area (Å²) in [6.07, 6.45) is 8.25. The van der Waals surface area contributed by atoms with Gasteiger partial charge in [-0.25, -0.2) is 0 Å². The van der Waals surface area contributed by atoms with E-state index in [0.717, 1.165) is 23.0 Å². The maximum absolute atomic E-state index is 10.4. The Morgan fingerprint density at radius 1 is 0.957 bits per heavy atom. The van der Waals surface area contributed by atoms with Crippen LogP contribution in [0.4, 0.5) is 0 Å². The molecule has 0 radical (unpaired) electrons. The van der Waals surface area contributed by atoms with Gasteiger partial charge in [-0.3, -0.25) is 4.79 Å². The van der Waals surface area contributed by atoms with E-state index in [1.807, 2.05) is 43.3 Å². The summed E-state index contributed by atoms with van der Waals surface area (Å²) in [6.45, 7) is 5.28. The first-order valence-corrected chi connectivity index (χ1v) is 7.72. The number of rotatable bonds is 7. The number of hydrogen-bond acceptors (Lipinski definition) is 2. The quantitative estimate of drug-likeness (QED) is 0.419. The Bertz CT molecular complexity index is 712. The second-order valence-corrected chi connectivity index (χ2v) is 5.40. The molecule has 0 N–H and O–H groups in total. The van der Waals surface area contributed by atoms with E-state index < -0.39 is 0 Å². The molecule has 2 aromatic rings. The van der Waals surface area contributed by atoms with Crippen LogP contribution in [-0.2, 0) is 16.1 Å². The highest BCUT2D eigenvalue weighted by molar-refractivity contribution is 5.74. The molecule has 2 nitrogen and oxygen atoms in total. The van der Waals surface area contributed by atoms with Gasteiger partial charge in [0, 0.05) is 0 Å². The molecule has 0 fully saturated rings. The number of carbonyl (C=O) groups excluding carboxylic acids is 1. The minimum Gasteiger partial charge on any atom is -0.373 e. The highest BCUT2D eigenvalue weighted by Crippen LogP contribution is 2.16. The van der Waals surface area contributed by atoms with Crippen molar-refractivity contribution in [3.8, 4) is 0 Å². The molecule has 0 saturated carbocycles. The van der Waals surface area contributed by atoms with Gasteiger partial charge >= 0.3 is 0 Å². The van der Waals surface area contributed by atoms with Crippen molar-refractivity contribution in [1.82, 2.24) is 0 Å². The van der Waals surface area contributed by atoms with Crippen LogP contribution in [0.2, 0.25) is 0 Å². The van der Waals surface area contributed by atoms with Crippen molar-refractivity contribution in [3.63, 3.8) is 0 Å². The van der Waals surface area contributed by atoms with Crippen LogP contribution < -0.4 is 0 Å². The number of hydrogen-bond donors (Lipinski definition) is 0. The van der Waals surface area contributed by atoms with Gasteiger partial charge in [-0.05, 0) is 47.7 Å². The zero-order valence-corrected chi connectivity index (χ0v) is 13.7. The van der Waals surface area contributed by atoms with E-state index >= 15 is 0 Å². The van der Waals surface area contributed by atoms with E-state index in [1.165, 1.54) is 17.2 Å². The Hall–Kier alpha value is -2.45. The largest absolute Gasteiger partial charge is 0.373 e. The van der Waals surface area contributed by atoms with Crippen molar-refractivity contribution in [3.05, 3.63) is 82.4 Å². The molecule has 23 heavy (non-hydrogen) atoms. The molecule has 0 atom stereocenters. The number of carbonyl (C=O) groups is 1. The summed E-state index contributed by atoms with van der Waals surface area (Å²) in [5.41, 5.74) is 5.81. The van der Waals surface area contributed by atoms with E-state index in [1.54, 1.807) is 0 Å². The van der Waals surface area contributed by atoms with Crippen molar-refractivity contribution in [2.75, 3.05) is 6.61 Å². The molecular formula is C21H22O2. The number of allylic oxidation sites excluding steroid dienone is 1. The second kappa shape index (κ2) is 8.86. The molecule has 118 valence electrons. The molecule has 0 aromatic heterocycles. The predicted molar refractivity (Wildman–Crippen MR) is 96.1 cm³/mol. The highest BCUT2D eigenvalue weighted by atomic mass is 16.5. The monoisotopic (exact) mass is 306 g/mol. The average molecular weight is 306 g/mol. The summed E-state index contributed by atoms with van der Waals surface area (Å²) in [5.74, 6) is 0. The van der Waals surface area contributed by atoms with Gasteiger partial charge in [0.25, 0.3) is 0 Å². The van der Waals surface area contributed by atoms with Crippen LogP contribution in [0.1, 0.15) is 27.8 Å². The van der Waals surface area contributed by atoms with Crippen LogP contribution in [-0.4, -0.2) is 12.9 Å². The van der Waals surface area contributed by atoms with E-state index in [4.69, 9.17) is 4.74 Å². The Balaban J connectivity index is 1.91. The van der Waals surface area contributed by atoms with Crippen LogP contribution in [0, 0.1) is 13.8 Å². The van der Waals surface area contributed by atoms with Gasteiger partial charge in [0.05, 0.1) is 13.2 Å². The topological polar surface area (TPSA) is 26.3 Å². The van der Waals surface area contributed by atoms with E-state index in [2.05, 4.69) is 31.2 Å². The van der Waals surface area contributed by atoms with Crippen LogP contribution in [0.3, 0.4) is 0 Å². The van der Waals surface area contributed by atoms with Gasteiger partial charge < -0.3 is 4.74 Å². The van der Waals surface area contributed by atoms with Crippen molar-refractivity contribution < 1.29 is 9.53 Å². The fourth-order valence-corrected chi connectivity index (χ4v) is 2.37. The summed E-state index contributed by atoms with van der Waals surface area (Å²) in [4.78, 5) is 10.4. The fourth-order valence-electron chi connectivity index (χ4n) is 2.37. The standard InChI is InChI=1S/C21H22O2/c1-17-8-3-4-9-19(17)13-7-15-23-16-21-11-5-10-20(18(21)2)12-6-14-22/h3-14H,15-16H2,1-2H3/b12-6+,13-7+. The first-order valence-electron chi connectivity index (χ1n) is 7.72. The molecule has 0 saturated heterocycles. The minimum absolute atomic E-state index is 0.562. The van der Waals surface area contributed by atoms with E-state index in [-0.39, 0.29) is 0 Å². The van der Waals surface area contributed by atoms with Gasteiger partial charge in [-0.2, -0.15) is 0 Å². The van der Waals surface area contributed by atoms with Crippen molar-refractivity contribution in [2.24, 2.45) is 0 Å². The molecule has 0 aliphatic heterocycles. The lowest BCUT2D eigenvalue weighted by atomic mass is 10.0. The van der Waals surface area contributed by atoms with Crippen LogP contribution in [0.15, 0.2) is 54.6 Å². The van der Waals surface area contributed by atoms with Gasteiger partial charge in [0.15, 0.2) is 0 Å². The first-order chi connectivity index (χ1) is 11.2. The van der Waals surface area contributed by atoms with Crippen molar-refractivity contribution in [1.29, 1.82) is 0 Å². The van der Waals surface area contributed by atoms with Crippen LogP contribution in [0.25, 0.3) is 12.2 Å². The fraction of sp³-hybridized carbons (Fsp3) is 0.190. The molecule has 0 heterocycles. The summed E-state index contributed by atoms with van der Waals surface area (Å²) >= 11 is 0. The SMILES string of the molecule is Cc1ccccc1/C=C/COCc1cccc(/C=C/C=O)c1C. The van der Waals surface area contributed by atoms with E-state index in [0.29, 0.717) is 13.2 Å². The van der Waals surface area contributed by atoms with Crippen molar-refractivity contribution >= 4 is 18.4 Å². The molecular weight excluding hydrogens is 284 g/mol. The lowest BCUT2D eigenvalue weighted by molar-refractivity contribution is -0.104. The molecule has 2 rings (SSSR count). The second-order valence-electron chi connectivity index (χ2n) is 5.40. The third kappa shape index (κ3) is 5.04. The Morgan fingerprint density at radius 3 is 2.52 bits per heavy atom.